The minimum atomic E-state index is -0.923. The van der Waals surface area contributed by atoms with Crippen LogP contribution in [0.15, 0.2) is 30.3 Å². The van der Waals surface area contributed by atoms with Gasteiger partial charge in [0.2, 0.25) is 29.5 Å². The van der Waals surface area contributed by atoms with E-state index in [2.05, 4.69) is 16.0 Å². The van der Waals surface area contributed by atoms with Crippen molar-refractivity contribution in [3.8, 4) is 0 Å². The number of nitrogens with one attached hydrogen (secondary N) is 3. The third-order valence-corrected chi connectivity index (χ3v) is 6.09. The summed E-state index contributed by atoms with van der Waals surface area (Å²) in [6, 6.07) is 6.41. The van der Waals surface area contributed by atoms with Gasteiger partial charge in [0.25, 0.3) is 0 Å². The van der Waals surface area contributed by atoms with Crippen molar-refractivity contribution in [2.75, 3.05) is 20.1 Å². The molecule has 0 bridgehead atoms. The summed E-state index contributed by atoms with van der Waals surface area (Å²) in [7, 11) is 1.50. The topological polar surface area (TPSA) is 128 Å². The molecule has 0 aromatic heterocycles. The van der Waals surface area contributed by atoms with Gasteiger partial charge in [-0.1, -0.05) is 44.2 Å². The maximum Gasteiger partial charge on any atom is 0.245 e. The van der Waals surface area contributed by atoms with Gasteiger partial charge in [0, 0.05) is 13.5 Å². The lowest BCUT2D eigenvalue weighted by molar-refractivity contribution is -0.140. The van der Waals surface area contributed by atoms with Crippen molar-refractivity contribution in [2.24, 2.45) is 5.92 Å². The van der Waals surface area contributed by atoms with Gasteiger partial charge in [-0.15, -0.1) is 0 Å². The van der Waals surface area contributed by atoms with Crippen LogP contribution < -0.4 is 16.0 Å². The van der Waals surface area contributed by atoms with Gasteiger partial charge in [-0.25, -0.2) is 0 Å². The predicted molar refractivity (Wildman–Crippen MR) is 124 cm³/mol. The van der Waals surface area contributed by atoms with Crippen LogP contribution >= 0.6 is 0 Å². The lowest BCUT2D eigenvalue weighted by atomic mass is 10.0. The molecule has 2 aliphatic rings. The predicted octanol–water partition coefficient (Wildman–Crippen LogP) is -0.568. The van der Waals surface area contributed by atoms with Crippen LogP contribution in [0.5, 0.6) is 0 Å². The molecule has 0 saturated carbocycles. The van der Waals surface area contributed by atoms with E-state index in [9.17, 15) is 24.0 Å². The highest BCUT2D eigenvalue weighted by Gasteiger charge is 2.53. The minimum Gasteiger partial charge on any atom is -0.345 e. The number of carbonyl (C=O) groups is 5. The molecule has 184 valence electrons. The monoisotopic (exact) mass is 471 g/mol. The number of hydrogen-bond acceptors (Lipinski definition) is 5. The van der Waals surface area contributed by atoms with E-state index in [0.29, 0.717) is 6.42 Å². The average Bonchev–Trinajstić information content (AvgIpc) is 3.47. The Hall–Kier alpha value is -3.43. The zero-order valence-corrected chi connectivity index (χ0v) is 20.0. The van der Waals surface area contributed by atoms with Crippen molar-refractivity contribution in [3.63, 3.8) is 0 Å². The second-order valence-electron chi connectivity index (χ2n) is 9.40. The first-order valence-electron chi connectivity index (χ1n) is 11.6. The highest BCUT2D eigenvalue weighted by atomic mass is 16.2. The molecule has 34 heavy (non-hydrogen) atoms. The van der Waals surface area contributed by atoms with Crippen LogP contribution in [0, 0.1) is 5.92 Å². The van der Waals surface area contributed by atoms with Gasteiger partial charge in [0.1, 0.15) is 18.1 Å². The quantitative estimate of drug-likeness (QED) is 0.507. The number of amides is 5. The lowest BCUT2D eigenvalue weighted by Crippen LogP contribution is -2.53. The summed E-state index contributed by atoms with van der Waals surface area (Å²) >= 11 is 0. The van der Waals surface area contributed by atoms with Gasteiger partial charge in [-0.3, -0.25) is 24.0 Å². The van der Waals surface area contributed by atoms with Crippen LogP contribution in [-0.4, -0.2) is 83.6 Å². The summed E-state index contributed by atoms with van der Waals surface area (Å²) in [4.78, 5) is 66.9. The van der Waals surface area contributed by atoms with Gasteiger partial charge < -0.3 is 25.8 Å². The van der Waals surface area contributed by atoms with Crippen LogP contribution in [-0.2, 0) is 30.4 Å². The third kappa shape index (κ3) is 6.12. The summed E-state index contributed by atoms with van der Waals surface area (Å²) in [6.45, 7) is 5.06. The summed E-state index contributed by atoms with van der Waals surface area (Å²) in [6.07, 6.45) is 0.614. The van der Waals surface area contributed by atoms with Crippen molar-refractivity contribution in [1.29, 1.82) is 0 Å². The Bertz CT molecular complexity index is 950. The largest absolute Gasteiger partial charge is 0.345 e. The molecule has 0 unspecified atom stereocenters. The Morgan fingerprint density at radius 2 is 1.65 bits per heavy atom. The molecule has 0 spiro atoms. The number of fused-ring (bicyclic) bond motifs is 1. The SMILES string of the molecule is CC(C)C[C@@H]1NC(=O)CNC(=O)[C@H](Cc2ccccc2)NC(=O)[C@@H]2[C@H](C)N2C(=O)CN(C)C1=O. The first-order valence-corrected chi connectivity index (χ1v) is 11.6. The van der Waals surface area contributed by atoms with E-state index in [1.807, 2.05) is 44.2 Å². The normalized spacial score (nSPS) is 26.8. The molecule has 4 atom stereocenters. The Morgan fingerprint density at radius 3 is 2.29 bits per heavy atom. The molecule has 10 nitrogen and oxygen atoms in total. The summed E-state index contributed by atoms with van der Waals surface area (Å²) in [5.41, 5.74) is 0.839. The van der Waals surface area contributed by atoms with Crippen molar-refractivity contribution in [2.45, 2.75) is 57.8 Å². The summed E-state index contributed by atoms with van der Waals surface area (Å²) < 4.78 is 0. The fourth-order valence-electron chi connectivity index (χ4n) is 4.25. The second-order valence-corrected chi connectivity index (χ2v) is 9.40. The van der Waals surface area contributed by atoms with Crippen LogP contribution in [0.4, 0.5) is 0 Å². The van der Waals surface area contributed by atoms with Gasteiger partial charge in [0.15, 0.2) is 0 Å². The van der Waals surface area contributed by atoms with E-state index in [1.54, 1.807) is 6.92 Å². The second kappa shape index (κ2) is 10.7. The smallest absolute Gasteiger partial charge is 0.245 e. The molecule has 0 radical (unpaired) electrons. The number of hydrogen-bond donors (Lipinski definition) is 3. The van der Waals surface area contributed by atoms with Gasteiger partial charge >= 0.3 is 0 Å². The Balaban J connectivity index is 1.85. The molecule has 1 aromatic rings. The highest BCUT2D eigenvalue weighted by Crippen LogP contribution is 2.28. The van der Waals surface area contributed by atoms with Gasteiger partial charge in [0.05, 0.1) is 19.1 Å². The Morgan fingerprint density at radius 1 is 0.971 bits per heavy atom. The van der Waals surface area contributed by atoms with E-state index in [-0.39, 0.29) is 37.4 Å². The van der Waals surface area contributed by atoms with Gasteiger partial charge in [-0.2, -0.15) is 0 Å². The Kier molecular flexibility index (Phi) is 7.90. The number of benzene rings is 1. The maximum absolute atomic E-state index is 13.0. The van der Waals surface area contributed by atoms with E-state index >= 15 is 0 Å². The third-order valence-electron chi connectivity index (χ3n) is 6.09. The average molecular weight is 472 g/mol. The number of rotatable bonds is 4. The molecule has 2 aliphatic heterocycles. The first-order chi connectivity index (χ1) is 16.1. The molecule has 2 heterocycles. The van der Waals surface area contributed by atoms with E-state index < -0.39 is 41.8 Å². The minimum absolute atomic E-state index is 0.115. The highest BCUT2D eigenvalue weighted by molar-refractivity contribution is 5.99. The molecular weight excluding hydrogens is 438 g/mol. The van der Waals surface area contributed by atoms with Crippen molar-refractivity contribution in [1.82, 2.24) is 25.8 Å². The van der Waals surface area contributed by atoms with Gasteiger partial charge in [-0.05, 0) is 24.8 Å². The van der Waals surface area contributed by atoms with E-state index in [4.69, 9.17) is 0 Å². The fraction of sp³-hybridized carbons (Fsp3) is 0.542. The number of nitrogens with zero attached hydrogens (tertiary/aromatic N) is 2. The molecule has 5 amide bonds. The van der Waals surface area contributed by atoms with Crippen molar-refractivity contribution < 1.29 is 24.0 Å². The standard InChI is InChI=1S/C24H33N5O5/c1-14(2)10-18-24(34)28(4)13-20(31)29-15(3)21(29)23(33)27-17(11-16-8-6-5-7-9-16)22(32)25-12-19(30)26-18/h5-9,14-15,17-18,21H,10-13H2,1-4H3,(H,25,32)(H,26,30)(H,27,33)/t15-,17-,18-,21-,29?/m0/s1. The molecule has 2 fully saturated rings. The van der Waals surface area contributed by atoms with Crippen LogP contribution in [0.3, 0.4) is 0 Å². The molecule has 3 N–H and O–H groups in total. The molecule has 2 saturated heterocycles. The maximum atomic E-state index is 13.0. The zero-order chi connectivity index (χ0) is 25.0. The molecule has 10 heteroatoms. The number of likely N-dealkylation sites (N-methyl/N-ethyl adjacent to an activating group) is 1. The van der Waals surface area contributed by atoms with Crippen LogP contribution in [0.1, 0.15) is 32.8 Å². The molecule has 0 aliphatic carbocycles. The molecule has 3 rings (SSSR count). The van der Waals surface area contributed by atoms with E-state index in [0.717, 1.165) is 5.56 Å². The lowest BCUT2D eigenvalue weighted by Gasteiger charge is -2.25. The number of carbonyl (C=O) groups excluding carboxylic acids is 5. The van der Waals surface area contributed by atoms with Crippen molar-refractivity contribution >= 4 is 29.5 Å². The zero-order valence-electron chi connectivity index (χ0n) is 20.0. The molecular formula is C24H33N5O5. The molecule has 1 aromatic carbocycles. The van der Waals surface area contributed by atoms with E-state index in [1.165, 1.54) is 16.8 Å². The Labute approximate surface area is 199 Å². The summed E-state index contributed by atoms with van der Waals surface area (Å²) in [5, 5.41) is 7.99. The van der Waals surface area contributed by atoms with Crippen LogP contribution in [0.2, 0.25) is 0 Å². The first kappa shape index (κ1) is 25.2. The summed E-state index contributed by atoms with van der Waals surface area (Å²) in [5.74, 6) is -2.12. The van der Waals surface area contributed by atoms with Crippen LogP contribution in [0.25, 0.3) is 0 Å². The van der Waals surface area contributed by atoms with Crippen molar-refractivity contribution in [3.05, 3.63) is 35.9 Å². The fourth-order valence-corrected chi connectivity index (χ4v) is 4.25.